The molecule has 3 heterocycles. The van der Waals surface area contributed by atoms with Crippen molar-refractivity contribution in [2.45, 2.75) is 0 Å². The van der Waals surface area contributed by atoms with Gasteiger partial charge in [0.2, 0.25) is 5.43 Å². The molecule has 0 bridgehead atoms. The van der Waals surface area contributed by atoms with E-state index in [0.717, 1.165) is 5.69 Å². The zero-order valence-corrected chi connectivity index (χ0v) is 16.1. The lowest BCUT2D eigenvalue weighted by molar-refractivity contribution is 0.609. The Morgan fingerprint density at radius 1 is 0.903 bits per heavy atom. The molecule has 0 saturated heterocycles. The molecule has 0 radical (unpaired) electrons. The van der Waals surface area contributed by atoms with Crippen molar-refractivity contribution in [1.82, 2.24) is 29.5 Å². The summed E-state index contributed by atoms with van der Waals surface area (Å²) in [4.78, 5) is 20.8. The standard InChI is InChI=1S/C23H15FN6O/c24-18-14-16(19-15-25-11-12-26-19)6-7-20(18)29-13-9-22(31)23(28-29)21-8-10-27-30(21)17-4-2-1-3-5-17/h1-15H. The van der Waals surface area contributed by atoms with Crippen molar-refractivity contribution in [2.75, 3.05) is 0 Å². The molecule has 0 unspecified atom stereocenters. The van der Waals surface area contributed by atoms with Gasteiger partial charge in [-0.1, -0.05) is 24.3 Å². The first-order valence-electron chi connectivity index (χ1n) is 9.47. The summed E-state index contributed by atoms with van der Waals surface area (Å²) in [6.07, 6.45) is 7.70. The number of nitrogens with zero attached hydrogens (tertiary/aromatic N) is 6. The predicted molar refractivity (Wildman–Crippen MR) is 113 cm³/mol. The first kappa shape index (κ1) is 18.6. The highest BCUT2D eigenvalue weighted by Crippen LogP contribution is 2.22. The molecule has 0 atom stereocenters. The largest absolute Gasteiger partial charge is 0.287 e. The van der Waals surface area contributed by atoms with Gasteiger partial charge < -0.3 is 0 Å². The zero-order chi connectivity index (χ0) is 21.2. The SMILES string of the molecule is O=c1ccn(-c2ccc(-c3cnccn3)cc2F)nc1-c1ccnn1-c1ccccc1. The second-order valence-electron chi connectivity index (χ2n) is 6.69. The summed E-state index contributed by atoms with van der Waals surface area (Å²) in [7, 11) is 0. The molecule has 7 nitrogen and oxygen atoms in total. The van der Waals surface area contributed by atoms with E-state index in [1.165, 1.54) is 23.0 Å². The summed E-state index contributed by atoms with van der Waals surface area (Å²) in [5.41, 5.74) is 2.55. The molecule has 0 amide bonds. The molecule has 0 spiro atoms. The molecule has 0 fully saturated rings. The second-order valence-corrected chi connectivity index (χ2v) is 6.69. The van der Waals surface area contributed by atoms with Crippen LogP contribution in [-0.2, 0) is 0 Å². The fourth-order valence-corrected chi connectivity index (χ4v) is 3.28. The molecule has 0 saturated carbocycles. The molecule has 2 aromatic carbocycles. The molecule has 0 aliphatic carbocycles. The van der Waals surface area contributed by atoms with E-state index < -0.39 is 5.82 Å². The van der Waals surface area contributed by atoms with Gasteiger partial charge in [0.1, 0.15) is 11.5 Å². The lowest BCUT2D eigenvalue weighted by Crippen LogP contribution is -2.15. The third-order valence-electron chi connectivity index (χ3n) is 4.75. The summed E-state index contributed by atoms with van der Waals surface area (Å²) in [6.45, 7) is 0. The van der Waals surface area contributed by atoms with Gasteiger partial charge in [0.05, 0.1) is 29.5 Å². The first-order valence-corrected chi connectivity index (χ1v) is 9.47. The van der Waals surface area contributed by atoms with E-state index in [2.05, 4.69) is 20.2 Å². The molecule has 0 aliphatic heterocycles. The third-order valence-corrected chi connectivity index (χ3v) is 4.75. The van der Waals surface area contributed by atoms with Gasteiger partial charge in [-0.2, -0.15) is 10.2 Å². The predicted octanol–water partition coefficient (Wildman–Crippen LogP) is 3.68. The maximum atomic E-state index is 14.9. The van der Waals surface area contributed by atoms with Gasteiger partial charge in [-0.3, -0.25) is 14.8 Å². The van der Waals surface area contributed by atoms with Crippen molar-refractivity contribution in [1.29, 1.82) is 0 Å². The highest BCUT2D eigenvalue weighted by atomic mass is 19.1. The molecular formula is C23H15FN6O. The maximum Gasteiger partial charge on any atom is 0.209 e. The Hall–Kier alpha value is -4.46. The minimum absolute atomic E-state index is 0.168. The van der Waals surface area contributed by atoms with E-state index in [-0.39, 0.29) is 16.8 Å². The summed E-state index contributed by atoms with van der Waals surface area (Å²) < 4.78 is 17.9. The van der Waals surface area contributed by atoms with Crippen molar-refractivity contribution >= 4 is 0 Å². The van der Waals surface area contributed by atoms with Crippen LogP contribution in [0.15, 0.2) is 96.4 Å². The molecular weight excluding hydrogens is 395 g/mol. The molecule has 31 heavy (non-hydrogen) atoms. The molecule has 150 valence electrons. The summed E-state index contributed by atoms with van der Waals surface area (Å²) >= 11 is 0. The maximum absolute atomic E-state index is 14.9. The van der Waals surface area contributed by atoms with E-state index in [0.29, 0.717) is 17.0 Å². The molecule has 0 aliphatic rings. The van der Waals surface area contributed by atoms with Gasteiger partial charge in [-0.05, 0) is 30.3 Å². The quantitative estimate of drug-likeness (QED) is 0.452. The van der Waals surface area contributed by atoms with Crippen LogP contribution in [0.1, 0.15) is 0 Å². The normalized spacial score (nSPS) is 10.9. The minimum atomic E-state index is -0.498. The Kier molecular flexibility index (Phi) is 4.64. The molecule has 3 aromatic heterocycles. The number of benzene rings is 2. The van der Waals surface area contributed by atoms with Gasteiger partial charge in [0.15, 0.2) is 5.69 Å². The van der Waals surface area contributed by atoms with Crippen LogP contribution in [0.5, 0.6) is 0 Å². The average molecular weight is 410 g/mol. The van der Waals surface area contributed by atoms with Gasteiger partial charge in [0, 0.05) is 30.2 Å². The number of aromatic nitrogens is 6. The van der Waals surface area contributed by atoms with Crippen molar-refractivity contribution in [3.63, 3.8) is 0 Å². The van der Waals surface area contributed by atoms with Crippen LogP contribution in [-0.4, -0.2) is 29.5 Å². The van der Waals surface area contributed by atoms with Crippen LogP contribution < -0.4 is 5.43 Å². The molecule has 5 rings (SSSR count). The number of para-hydroxylation sites is 1. The zero-order valence-electron chi connectivity index (χ0n) is 16.1. The Bertz CT molecular complexity index is 1410. The monoisotopic (exact) mass is 410 g/mol. The van der Waals surface area contributed by atoms with Crippen LogP contribution in [0.3, 0.4) is 0 Å². The Balaban J connectivity index is 1.58. The Labute approximate surface area is 176 Å². The summed E-state index contributed by atoms with van der Waals surface area (Å²) in [5.74, 6) is -0.498. The summed E-state index contributed by atoms with van der Waals surface area (Å²) in [6, 6.07) is 17.2. The first-order chi connectivity index (χ1) is 15.2. The smallest absolute Gasteiger partial charge is 0.209 e. The van der Waals surface area contributed by atoms with Crippen LogP contribution in [0, 0.1) is 5.82 Å². The average Bonchev–Trinajstić information content (AvgIpc) is 3.30. The number of hydrogen-bond donors (Lipinski definition) is 0. The van der Waals surface area contributed by atoms with E-state index in [1.807, 2.05) is 30.3 Å². The van der Waals surface area contributed by atoms with Gasteiger partial charge >= 0.3 is 0 Å². The van der Waals surface area contributed by atoms with Crippen molar-refractivity contribution in [3.05, 3.63) is 108 Å². The van der Waals surface area contributed by atoms with Gasteiger partial charge in [-0.15, -0.1) is 0 Å². The Morgan fingerprint density at radius 3 is 2.55 bits per heavy atom. The van der Waals surface area contributed by atoms with Crippen molar-refractivity contribution in [3.8, 4) is 34.0 Å². The number of rotatable bonds is 4. The third kappa shape index (κ3) is 3.51. The second kappa shape index (κ2) is 7.75. The van der Waals surface area contributed by atoms with Gasteiger partial charge in [-0.25, -0.2) is 13.8 Å². The van der Waals surface area contributed by atoms with Crippen LogP contribution in [0.4, 0.5) is 4.39 Å². The lowest BCUT2D eigenvalue weighted by Gasteiger charge is -2.11. The van der Waals surface area contributed by atoms with E-state index >= 15 is 0 Å². The summed E-state index contributed by atoms with van der Waals surface area (Å²) in [5, 5.41) is 8.72. The molecule has 8 heteroatoms. The van der Waals surface area contributed by atoms with Crippen molar-refractivity contribution in [2.24, 2.45) is 0 Å². The fraction of sp³-hybridized carbons (Fsp3) is 0. The Morgan fingerprint density at radius 2 is 1.77 bits per heavy atom. The van der Waals surface area contributed by atoms with Gasteiger partial charge in [0.25, 0.3) is 0 Å². The van der Waals surface area contributed by atoms with Crippen molar-refractivity contribution < 1.29 is 4.39 Å². The van der Waals surface area contributed by atoms with E-state index in [1.54, 1.807) is 47.7 Å². The van der Waals surface area contributed by atoms with Crippen LogP contribution >= 0.6 is 0 Å². The highest BCUT2D eigenvalue weighted by Gasteiger charge is 2.15. The number of halogens is 1. The van der Waals surface area contributed by atoms with E-state index in [9.17, 15) is 9.18 Å². The lowest BCUT2D eigenvalue weighted by atomic mass is 10.1. The van der Waals surface area contributed by atoms with E-state index in [4.69, 9.17) is 0 Å². The number of hydrogen-bond acceptors (Lipinski definition) is 5. The molecule has 0 N–H and O–H groups in total. The molecule has 5 aromatic rings. The highest BCUT2D eigenvalue weighted by molar-refractivity contribution is 5.61. The minimum Gasteiger partial charge on any atom is -0.287 e. The van der Waals surface area contributed by atoms with Crippen LogP contribution in [0.25, 0.3) is 34.0 Å². The topological polar surface area (TPSA) is 78.5 Å². The van der Waals surface area contributed by atoms with Crippen LogP contribution in [0.2, 0.25) is 0 Å². The fourth-order valence-electron chi connectivity index (χ4n) is 3.28.